The summed E-state index contributed by atoms with van der Waals surface area (Å²) in [4.78, 5) is 11.6. The summed E-state index contributed by atoms with van der Waals surface area (Å²) in [7, 11) is 0. The van der Waals surface area contributed by atoms with Crippen LogP contribution in [-0.2, 0) is 4.79 Å². The maximum atomic E-state index is 11.6. The van der Waals surface area contributed by atoms with Crippen molar-refractivity contribution in [2.45, 2.75) is 50.5 Å². The average molecular weight is 214 g/mol. The van der Waals surface area contributed by atoms with Crippen molar-refractivity contribution in [1.29, 1.82) is 0 Å². The Balaban J connectivity index is 2.40. The van der Waals surface area contributed by atoms with Gasteiger partial charge >= 0.3 is 0 Å². The van der Waals surface area contributed by atoms with E-state index in [4.69, 9.17) is 5.73 Å². The number of nitrogens with two attached hydrogens (primary N) is 1. The second-order valence-corrected chi connectivity index (χ2v) is 4.44. The van der Waals surface area contributed by atoms with Crippen molar-refractivity contribution in [3.63, 3.8) is 0 Å². The molecule has 0 bridgehead atoms. The van der Waals surface area contributed by atoms with Gasteiger partial charge in [0.15, 0.2) is 0 Å². The zero-order valence-electron chi connectivity index (χ0n) is 9.30. The van der Waals surface area contributed by atoms with Gasteiger partial charge < -0.3 is 16.2 Å². The van der Waals surface area contributed by atoms with E-state index in [1.54, 1.807) is 0 Å². The molecular weight excluding hydrogens is 192 g/mol. The summed E-state index contributed by atoms with van der Waals surface area (Å²) in [6, 6.07) is 0. The van der Waals surface area contributed by atoms with Crippen LogP contribution >= 0.6 is 0 Å². The molecule has 1 rings (SSSR count). The van der Waals surface area contributed by atoms with Crippen LogP contribution in [0, 0.1) is 0 Å². The van der Waals surface area contributed by atoms with Gasteiger partial charge in [0.1, 0.15) is 0 Å². The molecule has 4 heteroatoms. The first kappa shape index (κ1) is 12.5. The molecular formula is C11H22N2O2. The van der Waals surface area contributed by atoms with E-state index in [9.17, 15) is 9.90 Å². The number of carbonyl (C=O) groups excluding carboxylic acids is 1. The standard InChI is InChI=1S/C11H22N2O2/c12-8-4-5-10(15)13-11(9-14)6-2-1-3-7-11/h14H,1-9,12H2,(H,13,15). The normalized spacial score (nSPS) is 19.9. The summed E-state index contributed by atoms with van der Waals surface area (Å²) in [5, 5.41) is 12.3. The van der Waals surface area contributed by atoms with E-state index >= 15 is 0 Å². The van der Waals surface area contributed by atoms with Crippen molar-refractivity contribution in [3.05, 3.63) is 0 Å². The predicted octanol–water partition coefficient (Wildman–Crippen LogP) is 0.537. The minimum Gasteiger partial charge on any atom is -0.394 e. The molecule has 1 amide bonds. The Morgan fingerprint density at radius 2 is 2.00 bits per heavy atom. The van der Waals surface area contributed by atoms with Gasteiger partial charge in [-0.25, -0.2) is 0 Å². The smallest absolute Gasteiger partial charge is 0.220 e. The highest BCUT2D eigenvalue weighted by Gasteiger charge is 2.32. The van der Waals surface area contributed by atoms with Crippen molar-refractivity contribution in [3.8, 4) is 0 Å². The molecule has 0 heterocycles. The maximum Gasteiger partial charge on any atom is 0.220 e. The summed E-state index contributed by atoms with van der Waals surface area (Å²) in [5.41, 5.74) is 5.00. The number of carbonyl (C=O) groups is 1. The SMILES string of the molecule is NCCCC(=O)NC1(CO)CCCCC1. The fraction of sp³-hybridized carbons (Fsp3) is 0.909. The molecule has 0 aromatic carbocycles. The highest BCUT2D eigenvalue weighted by Crippen LogP contribution is 2.27. The summed E-state index contributed by atoms with van der Waals surface area (Å²) < 4.78 is 0. The van der Waals surface area contributed by atoms with Crippen LogP contribution in [0.15, 0.2) is 0 Å². The Hall–Kier alpha value is -0.610. The molecule has 1 aliphatic rings. The predicted molar refractivity (Wildman–Crippen MR) is 59.3 cm³/mol. The molecule has 0 radical (unpaired) electrons. The molecule has 0 aromatic heterocycles. The first-order valence-electron chi connectivity index (χ1n) is 5.84. The lowest BCUT2D eigenvalue weighted by Gasteiger charge is -2.36. The summed E-state index contributed by atoms with van der Waals surface area (Å²) in [6.07, 6.45) is 6.39. The van der Waals surface area contributed by atoms with Gasteiger partial charge in [0.25, 0.3) is 0 Å². The number of nitrogens with one attached hydrogen (secondary N) is 1. The highest BCUT2D eigenvalue weighted by molar-refractivity contribution is 5.76. The minimum absolute atomic E-state index is 0.0244. The number of rotatable bonds is 5. The van der Waals surface area contributed by atoms with Crippen LogP contribution < -0.4 is 11.1 Å². The molecule has 1 aliphatic carbocycles. The molecule has 0 unspecified atom stereocenters. The van der Waals surface area contributed by atoms with Gasteiger partial charge in [-0.1, -0.05) is 19.3 Å². The number of aliphatic hydroxyl groups is 1. The van der Waals surface area contributed by atoms with E-state index < -0.39 is 0 Å². The average Bonchev–Trinajstić information content (AvgIpc) is 2.27. The third-order valence-electron chi connectivity index (χ3n) is 3.13. The lowest BCUT2D eigenvalue weighted by molar-refractivity contribution is -0.124. The van der Waals surface area contributed by atoms with Crippen LogP contribution in [-0.4, -0.2) is 29.7 Å². The highest BCUT2D eigenvalue weighted by atomic mass is 16.3. The Kier molecular flexibility index (Phi) is 5.05. The Labute approximate surface area is 91.2 Å². The van der Waals surface area contributed by atoms with Crippen molar-refractivity contribution in [2.75, 3.05) is 13.2 Å². The second-order valence-electron chi connectivity index (χ2n) is 4.44. The topological polar surface area (TPSA) is 75.4 Å². The van der Waals surface area contributed by atoms with E-state index in [0.29, 0.717) is 19.4 Å². The molecule has 0 spiro atoms. The fourth-order valence-electron chi connectivity index (χ4n) is 2.17. The van der Waals surface area contributed by atoms with Crippen molar-refractivity contribution >= 4 is 5.91 Å². The summed E-state index contributed by atoms with van der Waals surface area (Å²) in [5.74, 6) is 0.0244. The van der Waals surface area contributed by atoms with Gasteiger partial charge in [0, 0.05) is 6.42 Å². The van der Waals surface area contributed by atoms with Gasteiger partial charge in [-0.2, -0.15) is 0 Å². The van der Waals surface area contributed by atoms with Gasteiger partial charge in [-0.15, -0.1) is 0 Å². The third kappa shape index (κ3) is 3.80. The molecule has 0 atom stereocenters. The molecule has 88 valence electrons. The number of amides is 1. The van der Waals surface area contributed by atoms with Crippen LogP contribution in [0.5, 0.6) is 0 Å². The number of hydrogen-bond donors (Lipinski definition) is 3. The first-order chi connectivity index (χ1) is 7.22. The van der Waals surface area contributed by atoms with E-state index in [-0.39, 0.29) is 18.1 Å². The molecule has 0 aromatic rings. The number of hydrogen-bond acceptors (Lipinski definition) is 3. The Bertz CT molecular complexity index is 201. The minimum atomic E-state index is -0.343. The fourth-order valence-corrected chi connectivity index (χ4v) is 2.17. The molecule has 0 saturated heterocycles. The van der Waals surface area contributed by atoms with Crippen molar-refractivity contribution < 1.29 is 9.90 Å². The Morgan fingerprint density at radius 3 is 2.53 bits per heavy atom. The van der Waals surface area contributed by atoms with E-state index in [1.165, 1.54) is 6.42 Å². The van der Waals surface area contributed by atoms with Gasteiger partial charge in [-0.05, 0) is 25.8 Å². The Morgan fingerprint density at radius 1 is 1.33 bits per heavy atom. The summed E-state index contributed by atoms with van der Waals surface area (Å²) >= 11 is 0. The van der Waals surface area contributed by atoms with Crippen LogP contribution in [0.3, 0.4) is 0 Å². The molecule has 15 heavy (non-hydrogen) atoms. The van der Waals surface area contributed by atoms with Crippen LogP contribution in [0.2, 0.25) is 0 Å². The zero-order chi connectivity index (χ0) is 11.1. The first-order valence-corrected chi connectivity index (χ1v) is 5.84. The lowest BCUT2D eigenvalue weighted by Crippen LogP contribution is -2.52. The second kappa shape index (κ2) is 6.08. The molecule has 1 fully saturated rings. The largest absolute Gasteiger partial charge is 0.394 e. The van der Waals surface area contributed by atoms with Crippen LogP contribution in [0.4, 0.5) is 0 Å². The van der Waals surface area contributed by atoms with Crippen LogP contribution in [0.25, 0.3) is 0 Å². The third-order valence-corrected chi connectivity index (χ3v) is 3.13. The quantitative estimate of drug-likeness (QED) is 0.625. The van der Waals surface area contributed by atoms with Gasteiger partial charge in [-0.3, -0.25) is 4.79 Å². The molecule has 1 saturated carbocycles. The van der Waals surface area contributed by atoms with E-state index in [0.717, 1.165) is 25.7 Å². The van der Waals surface area contributed by atoms with Crippen molar-refractivity contribution in [1.82, 2.24) is 5.32 Å². The summed E-state index contributed by atoms with van der Waals surface area (Å²) in [6.45, 7) is 0.598. The molecule has 4 N–H and O–H groups in total. The van der Waals surface area contributed by atoms with E-state index in [1.807, 2.05) is 0 Å². The zero-order valence-corrected chi connectivity index (χ0v) is 9.30. The maximum absolute atomic E-state index is 11.6. The van der Waals surface area contributed by atoms with Crippen LogP contribution in [0.1, 0.15) is 44.9 Å². The molecule has 0 aliphatic heterocycles. The van der Waals surface area contributed by atoms with Gasteiger partial charge in [0.2, 0.25) is 5.91 Å². The number of aliphatic hydroxyl groups excluding tert-OH is 1. The monoisotopic (exact) mass is 214 g/mol. The van der Waals surface area contributed by atoms with Crippen molar-refractivity contribution in [2.24, 2.45) is 5.73 Å². The van der Waals surface area contributed by atoms with Gasteiger partial charge in [0.05, 0.1) is 12.1 Å². The van der Waals surface area contributed by atoms with E-state index in [2.05, 4.69) is 5.32 Å². The lowest BCUT2D eigenvalue weighted by atomic mass is 9.82. The molecule has 4 nitrogen and oxygen atoms in total.